The van der Waals surface area contributed by atoms with Crippen molar-refractivity contribution in [1.82, 2.24) is 9.88 Å². The van der Waals surface area contributed by atoms with Gasteiger partial charge in [0.2, 0.25) is 0 Å². The van der Waals surface area contributed by atoms with Gasteiger partial charge < -0.3 is 10.2 Å². The molecule has 0 radical (unpaired) electrons. The molecule has 4 nitrogen and oxygen atoms in total. The minimum Gasteiger partial charge on any atom is -0.382 e. The van der Waals surface area contributed by atoms with Crippen LogP contribution >= 0.6 is 0 Å². The summed E-state index contributed by atoms with van der Waals surface area (Å²) in [7, 11) is 4.27. The van der Waals surface area contributed by atoms with Crippen molar-refractivity contribution in [1.29, 1.82) is 5.26 Å². The molecule has 0 saturated heterocycles. The van der Waals surface area contributed by atoms with Gasteiger partial charge in [-0.2, -0.15) is 5.26 Å². The lowest BCUT2D eigenvalue weighted by atomic mass is 9.75. The molecule has 1 aliphatic rings. The van der Waals surface area contributed by atoms with Crippen LogP contribution < -0.4 is 5.32 Å². The van der Waals surface area contributed by atoms with E-state index < -0.39 is 0 Å². The molecule has 4 heteroatoms. The summed E-state index contributed by atoms with van der Waals surface area (Å²) in [5.74, 6) is 0. The summed E-state index contributed by atoms with van der Waals surface area (Å²) in [5, 5.41) is 12.1. The molecule has 0 unspecified atom stereocenters. The van der Waals surface area contributed by atoms with Crippen molar-refractivity contribution in [3.05, 3.63) is 24.0 Å². The Bertz CT molecular complexity index is 412. The van der Waals surface area contributed by atoms with Crippen molar-refractivity contribution in [2.75, 3.05) is 26.0 Å². The summed E-state index contributed by atoms with van der Waals surface area (Å²) < 4.78 is 0. The predicted octanol–water partition coefficient (Wildman–Crippen LogP) is 1.85. The smallest absolute Gasteiger partial charge is 0.140 e. The van der Waals surface area contributed by atoms with E-state index in [1.807, 2.05) is 12.1 Å². The third kappa shape index (κ3) is 2.40. The lowest BCUT2D eigenvalue weighted by molar-refractivity contribution is 0.0739. The summed E-state index contributed by atoms with van der Waals surface area (Å²) >= 11 is 0. The lowest BCUT2D eigenvalue weighted by Gasteiger charge is -2.47. The Morgan fingerprint density at radius 3 is 2.65 bits per heavy atom. The summed E-state index contributed by atoms with van der Waals surface area (Å²) in [6, 6.07) is 5.67. The molecule has 0 atom stereocenters. The van der Waals surface area contributed by atoms with Gasteiger partial charge in [-0.3, -0.25) is 0 Å². The fourth-order valence-electron chi connectivity index (χ4n) is 2.20. The van der Waals surface area contributed by atoms with Crippen LogP contribution in [0.3, 0.4) is 0 Å². The van der Waals surface area contributed by atoms with E-state index in [4.69, 9.17) is 5.26 Å². The SMILES string of the molecule is CN(C)C1(CNc2ccc(C#N)nc2)CCC1. The Hall–Kier alpha value is -1.60. The van der Waals surface area contributed by atoms with Crippen LogP contribution in [0.2, 0.25) is 0 Å². The standard InChI is InChI=1S/C13H18N4/c1-17(2)13(6-3-7-13)10-16-12-5-4-11(8-14)15-9-12/h4-5,9,16H,3,6-7,10H2,1-2H3. The van der Waals surface area contributed by atoms with Crippen LogP contribution in [0.15, 0.2) is 18.3 Å². The molecule has 1 aliphatic carbocycles. The molecule has 1 fully saturated rings. The average molecular weight is 230 g/mol. The molecule has 0 aliphatic heterocycles. The van der Waals surface area contributed by atoms with E-state index in [0.717, 1.165) is 12.2 Å². The van der Waals surface area contributed by atoms with Gasteiger partial charge in [0.25, 0.3) is 0 Å². The third-order valence-electron chi connectivity index (χ3n) is 3.73. The van der Waals surface area contributed by atoms with Gasteiger partial charge in [0.15, 0.2) is 0 Å². The van der Waals surface area contributed by atoms with E-state index in [1.54, 1.807) is 12.3 Å². The molecule has 1 aromatic heterocycles. The first kappa shape index (κ1) is 11.9. The van der Waals surface area contributed by atoms with Crippen molar-refractivity contribution < 1.29 is 0 Å². The van der Waals surface area contributed by atoms with Crippen molar-refractivity contribution in [2.24, 2.45) is 0 Å². The quantitative estimate of drug-likeness (QED) is 0.857. The van der Waals surface area contributed by atoms with Gasteiger partial charge in [0, 0.05) is 12.1 Å². The maximum Gasteiger partial charge on any atom is 0.140 e. The van der Waals surface area contributed by atoms with E-state index >= 15 is 0 Å². The van der Waals surface area contributed by atoms with Crippen molar-refractivity contribution in [2.45, 2.75) is 24.8 Å². The Balaban J connectivity index is 1.95. The Kier molecular flexibility index (Phi) is 3.30. The molecule has 0 amide bonds. The second-order valence-corrected chi connectivity index (χ2v) is 4.87. The van der Waals surface area contributed by atoms with Gasteiger partial charge in [-0.1, -0.05) is 0 Å². The number of nitrogens with zero attached hydrogens (tertiary/aromatic N) is 3. The maximum atomic E-state index is 8.67. The molecule has 0 aromatic carbocycles. The van der Waals surface area contributed by atoms with Gasteiger partial charge >= 0.3 is 0 Å². The highest BCUT2D eigenvalue weighted by atomic mass is 15.2. The minimum absolute atomic E-state index is 0.300. The normalized spacial score (nSPS) is 17.3. The Labute approximate surface area is 102 Å². The highest BCUT2D eigenvalue weighted by molar-refractivity contribution is 5.43. The topological polar surface area (TPSA) is 52.0 Å². The first-order valence-electron chi connectivity index (χ1n) is 5.94. The maximum absolute atomic E-state index is 8.67. The molecule has 0 bridgehead atoms. The van der Waals surface area contributed by atoms with E-state index in [0.29, 0.717) is 11.2 Å². The molecule has 1 heterocycles. The molecule has 17 heavy (non-hydrogen) atoms. The number of likely N-dealkylation sites (N-methyl/N-ethyl adjacent to an activating group) is 1. The molecular formula is C13H18N4. The summed E-state index contributed by atoms with van der Waals surface area (Å²) in [5.41, 5.74) is 1.74. The zero-order valence-corrected chi connectivity index (χ0v) is 10.4. The zero-order chi connectivity index (χ0) is 12.3. The number of hydrogen-bond donors (Lipinski definition) is 1. The monoisotopic (exact) mass is 230 g/mol. The highest BCUT2D eigenvalue weighted by Crippen LogP contribution is 2.36. The second kappa shape index (κ2) is 4.72. The first-order valence-corrected chi connectivity index (χ1v) is 5.94. The van der Waals surface area contributed by atoms with Gasteiger partial charge in [0.05, 0.1) is 11.9 Å². The fourth-order valence-corrected chi connectivity index (χ4v) is 2.20. The number of hydrogen-bond acceptors (Lipinski definition) is 4. The van der Waals surface area contributed by atoms with Crippen LogP contribution in [-0.2, 0) is 0 Å². The van der Waals surface area contributed by atoms with Crippen molar-refractivity contribution in [3.8, 4) is 6.07 Å². The lowest BCUT2D eigenvalue weighted by Crippen LogP contribution is -2.54. The van der Waals surface area contributed by atoms with Crippen LogP contribution in [-0.4, -0.2) is 36.1 Å². The largest absolute Gasteiger partial charge is 0.382 e. The van der Waals surface area contributed by atoms with Crippen LogP contribution in [0.1, 0.15) is 25.0 Å². The van der Waals surface area contributed by atoms with E-state index in [2.05, 4.69) is 29.3 Å². The number of pyridine rings is 1. The van der Waals surface area contributed by atoms with Crippen LogP contribution in [0.25, 0.3) is 0 Å². The van der Waals surface area contributed by atoms with E-state index in [9.17, 15) is 0 Å². The average Bonchev–Trinajstić information content (AvgIpc) is 2.28. The Morgan fingerprint density at radius 1 is 1.47 bits per heavy atom. The zero-order valence-electron chi connectivity index (χ0n) is 10.4. The second-order valence-electron chi connectivity index (χ2n) is 4.87. The van der Waals surface area contributed by atoms with Gasteiger partial charge in [0.1, 0.15) is 11.8 Å². The number of anilines is 1. The van der Waals surface area contributed by atoms with Crippen LogP contribution in [0, 0.1) is 11.3 Å². The number of rotatable bonds is 4. The van der Waals surface area contributed by atoms with Gasteiger partial charge in [-0.25, -0.2) is 4.98 Å². The molecular weight excluding hydrogens is 212 g/mol. The molecule has 1 saturated carbocycles. The third-order valence-corrected chi connectivity index (χ3v) is 3.73. The molecule has 0 spiro atoms. The molecule has 1 aromatic rings. The van der Waals surface area contributed by atoms with Gasteiger partial charge in [-0.05, 0) is 45.5 Å². The van der Waals surface area contributed by atoms with Gasteiger partial charge in [-0.15, -0.1) is 0 Å². The van der Waals surface area contributed by atoms with Crippen LogP contribution in [0.5, 0.6) is 0 Å². The summed E-state index contributed by atoms with van der Waals surface area (Å²) in [6.07, 6.45) is 5.53. The predicted molar refractivity (Wildman–Crippen MR) is 67.7 cm³/mol. The minimum atomic E-state index is 0.300. The molecule has 90 valence electrons. The molecule has 1 N–H and O–H groups in total. The number of nitrogens with one attached hydrogen (secondary N) is 1. The van der Waals surface area contributed by atoms with E-state index in [-0.39, 0.29) is 0 Å². The van der Waals surface area contributed by atoms with Crippen LogP contribution in [0.4, 0.5) is 5.69 Å². The first-order chi connectivity index (χ1) is 8.16. The fraction of sp³-hybridized carbons (Fsp3) is 0.538. The van der Waals surface area contributed by atoms with E-state index in [1.165, 1.54) is 19.3 Å². The highest BCUT2D eigenvalue weighted by Gasteiger charge is 2.38. The number of nitriles is 1. The summed E-state index contributed by atoms with van der Waals surface area (Å²) in [6.45, 7) is 0.938. The van der Waals surface area contributed by atoms with Crippen molar-refractivity contribution in [3.63, 3.8) is 0 Å². The Morgan fingerprint density at radius 2 is 2.24 bits per heavy atom. The molecule has 2 rings (SSSR count). The summed E-state index contributed by atoms with van der Waals surface area (Å²) in [4.78, 5) is 6.36. The number of aromatic nitrogens is 1. The van der Waals surface area contributed by atoms with Crippen molar-refractivity contribution >= 4 is 5.69 Å².